The third-order valence-corrected chi connectivity index (χ3v) is 4.98. The summed E-state index contributed by atoms with van der Waals surface area (Å²) in [6, 6.07) is 7.01. The van der Waals surface area contributed by atoms with Crippen LogP contribution in [0.1, 0.15) is 33.6 Å². The van der Waals surface area contributed by atoms with Gasteiger partial charge in [-0.15, -0.1) is 5.10 Å². The van der Waals surface area contributed by atoms with Crippen LogP contribution in [0, 0.1) is 0 Å². The van der Waals surface area contributed by atoms with Gasteiger partial charge in [-0.3, -0.25) is 9.48 Å². The number of rotatable bonds is 11. The quantitative estimate of drug-likeness (QED) is 0.247. The van der Waals surface area contributed by atoms with Gasteiger partial charge in [0.25, 0.3) is 0 Å². The molecule has 0 saturated carbocycles. The van der Waals surface area contributed by atoms with Crippen molar-refractivity contribution >= 4 is 34.9 Å². The molecule has 1 amide bonds. The van der Waals surface area contributed by atoms with E-state index in [4.69, 9.17) is 14.6 Å². The second-order valence-electron chi connectivity index (χ2n) is 9.29. The maximum atomic E-state index is 11.7. The number of ether oxygens (including phenoxy) is 2. The zero-order chi connectivity index (χ0) is 27.1. The Kier molecular flexibility index (Phi) is 7.99. The van der Waals surface area contributed by atoms with Gasteiger partial charge >= 0.3 is 12.1 Å². The van der Waals surface area contributed by atoms with E-state index < -0.39 is 17.7 Å². The van der Waals surface area contributed by atoms with Crippen LogP contribution in [0.5, 0.6) is 5.75 Å². The number of carboxylic acid groups (broad SMARTS) is 1. The summed E-state index contributed by atoms with van der Waals surface area (Å²) in [5, 5.41) is 27.2. The third-order valence-electron chi connectivity index (χ3n) is 4.98. The largest absolute Gasteiger partial charge is 0.493 e. The number of hydrogen-bond acceptors (Lipinski definition) is 10. The number of fused-ring (bicyclic) bond motifs is 1. The average molecular weight is 524 g/mol. The van der Waals surface area contributed by atoms with Gasteiger partial charge in [-0.2, -0.15) is 14.8 Å². The number of carbonyl (C=O) groups is 2. The molecule has 38 heavy (non-hydrogen) atoms. The van der Waals surface area contributed by atoms with Crippen LogP contribution in [0.25, 0.3) is 16.9 Å². The molecule has 0 aliphatic rings. The number of aliphatic carboxylic acids is 1. The molecule has 0 bridgehead atoms. The smallest absolute Gasteiger partial charge is 0.407 e. The molecular formula is C24H29N9O5. The molecule has 0 aliphatic heterocycles. The highest BCUT2D eigenvalue weighted by Crippen LogP contribution is 2.20. The lowest BCUT2D eigenvalue weighted by Gasteiger charge is -2.19. The zero-order valence-electron chi connectivity index (χ0n) is 21.3. The fourth-order valence-electron chi connectivity index (χ4n) is 3.33. The lowest BCUT2D eigenvalue weighted by atomic mass is 10.2. The molecule has 3 heterocycles. The summed E-state index contributed by atoms with van der Waals surface area (Å²) in [4.78, 5) is 31.2. The number of nitrogens with one attached hydrogen (secondary N) is 2. The molecule has 14 heteroatoms. The Labute approximate surface area is 218 Å². The molecule has 0 fully saturated rings. The Bertz CT molecular complexity index is 1390. The molecule has 0 radical (unpaired) electrons. The van der Waals surface area contributed by atoms with E-state index in [1.807, 2.05) is 27.0 Å². The van der Waals surface area contributed by atoms with E-state index in [0.717, 1.165) is 0 Å². The predicted molar refractivity (Wildman–Crippen MR) is 137 cm³/mol. The normalized spacial score (nSPS) is 11.3. The van der Waals surface area contributed by atoms with Crippen LogP contribution in [0.4, 0.5) is 16.4 Å². The minimum atomic E-state index is -0.917. The number of aromatic nitrogens is 7. The van der Waals surface area contributed by atoms with Crippen molar-refractivity contribution in [1.82, 2.24) is 40.1 Å². The van der Waals surface area contributed by atoms with Gasteiger partial charge in [0.05, 0.1) is 36.8 Å². The number of nitrogens with zero attached hydrogens (tertiary/aromatic N) is 7. The van der Waals surface area contributed by atoms with Gasteiger partial charge in [0.1, 0.15) is 11.4 Å². The van der Waals surface area contributed by atoms with Crippen molar-refractivity contribution < 1.29 is 24.2 Å². The summed E-state index contributed by atoms with van der Waals surface area (Å²) in [5.74, 6) is -0.0189. The van der Waals surface area contributed by atoms with Gasteiger partial charge < -0.3 is 25.2 Å². The first-order valence-corrected chi connectivity index (χ1v) is 12.0. The summed E-state index contributed by atoms with van der Waals surface area (Å²) < 4.78 is 14.0. The van der Waals surface area contributed by atoms with Crippen molar-refractivity contribution in [3.63, 3.8) is 0 Å². The fraction of sp³-hybridized carbons (Fsp3) is 0.375. The fourth-order valence-corrected chi connectivity index (χ4v) is 3.33. The zero-order valence-corrected chi connectivity index (χ0v) is 21.3. The van der Waals surface area contributed by atoms with Crippen LogP contribution in [-0.2, 0) is 16.1 Å². The van der Waals surface area contributed by atoms with E-state index >= 15 is 0 Å². The van der Waals surface area contributed by atoms with E-state index in [-0.39, 0.29) is 13.0 Å². The first-order chi connectivity index (χ1) is 18.2. The van der Waals surface area contributed by atoms with E-state index in [2.05, 4.69) is 36.0 Å². The number of benzene rings is 1. The lowest BCUT2D eigenvalue weighted by Crippen LogP contribution is -2.33. The van der Waals surface area contributed by atoms with Crippen molar-refractivity contribution in [3.05, 3.63) is 42.9 Å². The van der Waals surface area contributed by atoms with Crippen molar-refractivity contribution in [1.29, 1.82) is 0 Å². The number of aryl methyl sites for hydroxylation is 1. The average Bonchev–Trinajstić information content (AvgIpc) is 3.48. The molecule has 3 N–H and O–H groups in total. The van der Waals surface area contributed by atoms with Crippen LogP contribution in [-0.4, -0.2) is 70.7 Å². The van der Waals surface area contributed by atoms with E-state index in [0.29, 0.717) is 53.7 Å². The van der Waals surface area contributed by atoms with Gasteiger partial charge in [0.2, 0.25) is 5.95 Å². The SMILES string of the molecule is CC(C)(C)OC(=O)NCCCn1cc(Nc2ncc3nnn(-c4ccc(OCCC(=O)O)cc4)c3n2)cn1. The molecule has 4 aromatic rings. The second-order valence-corrected chi connectivity index (χ2v) is 9.29. The predicted octanol–water partition coefficient (Wildman–Crippen LogP) is 2.92. The minimum absolute atomic E-state index is 0.0770. The van der Waals surface area contributed by atoms with Gasteiger partial charge in [-0.25, -0.2) is 9.78 Å². The standard InChI is InChI=1S/C24H29N9O5/c1-24(2,3)38-23(36)25-10-4-11-32-15-16(13-27-32)28-22-26-14-19-21(29-22)33(31-30-19)17-5-7-18(8-6-17)37-12-9-20(34)35/h5-8,13-15H,4,9-12H2,1-3H3,(H,25,36)(H,34,35)(H,26,28,29). The van der Waals surface area contributed by atoms with Crippen LogP contribution in [0.2, 0.25) is 0 Å². The van der Waals surface area contributed by atoms with Crippen molar-refractivity contribution in [2.24, 2.45) is 0 Å². The van der Waals surface area contributed by atoms with Gasteiger partial charge in [0.15, 0.2) is 11.2 Å². The number of amides is 1. The Hall–Kier alpha value is -4.75. The second kappa shape index (κ2) is 11.5. The van der Waals surface area contributed by atoms with Gasteiger partial charge in [0, 0.05) is 19.3 Å². The molecule has 3 aromatic heterocycles. The Balaban J connectivity index is 1.34. The molecule has 1 aromatic carbocycles. The third kappa shape index (κ3) is 7.38. The molecule has 0 unspecified atom stereocenters. The highest BCUT2D eigenvalue weighted by Gasteiger charge is 2.15. The summed E-state index contributed by atoms with van der Waals surface area (Å²) in [6.45, 7) is 6.60. The van der Waals surface area contributed by atoms with Crippen LogP contribution >= 0.6 is 0 Å². The molecule has 200 valence electrons. The number of carbonyl (C=O) groups excluding carboxylic acids is 1. The first kappa shape index (κ1) is 26.3. The maximum Gasteiger partial charge on any atom is 0.407 e. The van der Waals surface area contributed by atoms with Crippen LogP contribution in [0.15, 0.2) is 42.9 Å². The monoisotopic (exact) mass is 523 g/mol. The number of anilines is 2. The Morgan fingerprint density at radius 1 is 1.13 bits per heavy atom. The molecule has 4 rings (SSSR count). The van der Waals surface area contributed by atoms with E-state index in [1.54, 1.807) is 46.0 Å². The summed E-state index contributed by atoms with van der Waals surface area (Å²) in [5.41, 5.74) is 1.89. The summed E-state index contributed by atoms with van der Waals surface area (Å²) in [7, 11) is 0. The number of hydrogen-bond donors (Lipinski definition) is 3. The van der Waals surface area contributed by atoms with Crippen molar-refractivity contribution in [2.75, 3.05) is 18.5 Å². The molecule has 0 saturated heterocycles. The van der Waals surface area contributed by atoms with E-state index in [1.165, 1.54) is 0 Å². The summed E-state index contributed by atoms with van der Waals surface area (Å²) >= 11 is 0. The lowest BCUT2D eigenvalue weighted by molar-refractivity contribution is -0.137. The number of carboxylic acids is 1. The molecular weight excluding hydrogens is 494 g/mol. The van der Waals surface area contributed by atoms with Crippen molar-refractivity contribution in [2.45, 2.75) is 45.8 Å². The van der Waals surface area contributed by atoms with Gasteiger partial charge in [-0.05, 0) is 51.5 Å². The molecule has 0 spiro atoms. The minimum Gasteiger partial charge on any atom is -0.493 e. The van der Waals surface area contributed by atoms with Crippen molar-refractivity contribution in [3.8, 4) is 11.4 Å². The maximum absolute atomic E-state index is 11.7. The molecule has 0 aliphatic carbocycles. The van der Waals surface area contributed by atoms with Crippen LogP contribution < -0.4 is 15.4 Å². The molecule has 0 atom stereocenters. The van der Waals surface area contributed by atoms with E-state index in [9.17, 15) is 9.59 Å². The van der Waals surface area contributed by atoms with Gasteiger partial charge in [-0.1, -0.05) is 5.21 Å². The van der Waals surface area contributed by atoms with Crippen LogP contribution in [0.3, 0.4) is 0 Å². The first-order valence-electron chi connectivity index (χ1n) is 12.0. The Morgan fingerprint density at radius 2 is 1.92 bits per heavy atom. The highest BCUT2D eigenvalue weighted by atomic mass is 16.6. The number of alkyl carbamates (subject to hydrolysis) is 1. The highest BCUT2D eigenvalue weighted by molar-refractivity contribution is 5.72. The Morgan fingerprint density at radius 3 is 2.66 bits per heavy atom. The topological polar surface area (TPSA) is 171 Å². The summed E-state index contributed by atoms with van der Waals surface area (Å²) in [6.07, 6.45) is 5.21. The molecule has 14 nitrogen and oxygen atoms in total.